The molecule has 64 valence electrons. The van der Waals surface area contributed by atoms with Gasteiger partial charge in [0.1, 0.15) is 0 Å². The van der Waals surface area contributed by atoms with Crippen LogP contribution >= 0.6 is 0 Å². The first kappa shape index (κ1) is 7.56. The van der Waals surface area contributed by atoms with E-state index >= 15 is 0 Å². The molecule has 3 unspecified atom stereocenters. The molecule has 2 heteroatoms. The SMILES string of the molecule is CC1CCC2(CCNC2)C1N. The van der Waals surface area contributed by atoms with E-state index in [4.69, 9.17) is 5.73 Å². The zero-order chi connectivity index (χ0) is 7.90. The van der Waals surface area contributed by atoms with Crippen LogP contribution in [0.3, 0.4) is 0 Å². The van der Waals surface area contributed by atoms with Crippen molar-refractivity contribution in [2.75, 3.05) is 13.1 Å². The Morgan fingerprint density at radius 1 is 1.45 bits per heavy atom. The Morgan fingerprint density at radius 3 is 2.73 bits per heavy atom. The van der Waals surface area contributed by atoms with Crippen LogP contribution in [0.4, 0.5) is 0 Å². The minimum absolute atomic E-state index is 0.456. The van der Waals surface area contributed by atoms with E-state index in [1.54, 1.807) is 0 Å². The molecule has 1 saturated heterocycles. The second kappa shape index (κ2) is 2.46. The largest absolute Gasteiger partial charge is 0.327 e. The summed E-state index contributed by atoms with van der Waals surface area (Å²) in [5.41, 5.74) is 6.66. The van der Waals surface area contributed by atoms with Crippen molar-refractivity contribution in [3.63, 3.8) is 0 Å². The first-order valence-corrected chi connectivity index (χ1v) is 4.71. The minimum Gasteiger partial charge on any atom is -0.327 e. The maximum absolute atomic E-state index is 6.18. The van der Waals surface area contributed by atoms with Crippen LogP contribution in [0.1, 0.15) is 26.2 Å². The van der Waals surface area contributed by atoms with Gasteiger partial charge in [-0.15, -0.1) is 0 Å². The highest BCUT2D eigenvalue weighted by atomic mass is 15.0. The minimum atomic E-state index is 0.456. The van der Waals surface area contributed by atoms with Gasteiger partial charge in [-0.05, 0) is 37.1 Å². The van der Waals surface area contributed by atoms with E-state index in [9.17, 15) is 0 Å². The third kappa shape index (κ3) is 1.00. The quantitative estimate of drug-likeness (QED) is 0.539. The van der Waals surface area contributed by atoms with Crippen LogP contribution in [0.2, 0.25) is 0 Å². The monoisotopic (exact) mass is 154 g/mol. The summed E-state index contributed by atoms with van der Waals surface area (Å²) in [6, 6.07) is 0.456. The number of rotatable bonds is 0. The van der Waals surface area contributed by atoms with E-state index in [1.807, 2.05) is 0 Å². The van der Waals surface area contributed by atoms with Crippen LogP contribution in [0.5, 0.6) is 0 Å². The summed E-state index contributed by atoms with van der Waals surface area (Å²) in [6.07, 6.45) is 3.99. The lowest BCUT2D eigenvalue weighted by atomic mass is 9.81. The first-order chi connectivity index (χ1) is 5.25. The lowest BCUT2D eigenvalue weighted by Gasteiger charge is -2.28. The van der Waals surface area contributed by atoms with Gasteiger partial charge in [-0.1, -0.05) is 6.92 Å². The van der Waals surface area contributed by atoms with Crippen molar-refractivity contribution in [3.8, 4) is 0 Å². The standard InChI is InChI=1S/C9H18N2/c1-7-2-3-9(8(7)10)4-5-11-6-9/h7-8,11H,2-6,10H2,1H3. The van der Waals surface area contributed by atoms with Gasteiger partial charge in [0.05, 0.1) is 0 Å². The predicted octanol–water partition coefficient (Wildman–Crippen LogP) is 0.723. The highest BCUT2D eigenvalue weighted by molar-refractivity contribution is 5.02. The van der Waals surface area contributed by atoms with Gasteiger partial charge in [-0.2, -0.15) is 0 Å². The van der Waals surface area contributed by atoms with Crippen molar-refractivity contribution in [1.29, 1.82) is 0 Å². The second-order valence-corrected chi connectivity index (χ2v) is 4.33. The number of hydrogen-bond acceptors (Lipinski definition) is 2. The highest BCUT2D eigenvalue weighted by Gasteiger charge is 2.46. The molecular formula is C9H18N2. The molecule has 0 radical (unpaired) electrons. The molecule has 1 aliphatic carbocycles. The number of hydrogen-bond donors (Lipinski definition) is 2. The van der Waals surface area contributed by atoms with E-state index in [2.05, 4.69) is 12.2 Å². The second-order valence-electron chi connectivity index (χ2n) is 4.33. The third-order valence-electron chi connectivity index (χ3n) is 3.69. The van der Waals surface area contributed by atoms with Gasteiger partial charge >= 0.3 is 0 Å². The normalized spacial score (nSPS) is 50.7. The Kier molecular flexibility index (Phi) is 1.69. The fourth-order valence-electron chi connectivity index (χ4n) is 2.73. The van der Waals surface area contributed by atoms with Gasteiger partial charge in [-0.25, -0.2) is 0 Å². The van der Waals surface area contributed by atoms with E-state index in [-0.39, 0.29) is 0 Å². The summed E-state index contributed by atoms with van der Waals surface area (Å²) in [5, 5.41) is 3.43. The topological polar surface area (TPSA) is 38.0 Å². The zero-order valence-electron chi connectivity index (χ0n) is 7.27. The molecule has 1 aliphatic heterocycles. The molecule has 2 aliphatic rings. The predicted molar refractivity (Wildman–Crippen MR) is 46.3 cm³/mol. The summed E-state index contributed by atoms with van der Waals surface area (Å²) >= 11 is 0. The smallest absolute Gasteiger partial charge is 0.0134 e. The van der Waals surface area contributed by atoms with Gasteiger partial charge in [0.2, 0.25) is 0 Å². The molecule has 1 spiro atoms. The Hall–Kier alpha value is -0.0800. The van der Waals surface area contributed by atoms with Crippen molar-refractivity contribution in [2.24, 2.45) is 17.1 Å². The van der Waals surface area contributed by atoms with E-state index in [0.29, 0.717) is 11.5 Å². The molecule has 0 aromatic rings. The Balaban J connectivity index is 2.13. The van der Waals surface area contributed by atoms with Crippen LogP contribution in [0.15, 0.2) is 0 Å². The summed E-state index contributed by atoms with van der Waals surface area (Å²) in [6.45, 7) is 4.64. The molecule has 1 heterocycles. The van der Waals surface area contributed by atoms with Crippen molar-refractivity contribution in [3.05, 3.63) is 0 Å². The Bertz CT molecular complexity index is 150. The van der Waals surface area contributed by atoms with E-state index in [1.165, 1.54) is 32.4 Å². The van der Waals surface area contributed by atoms with Crippen molar-refractivity contribution < 1.29 is 0 Å². The average Bonchev–Trinajstić information content (AvgIpc) is 2.56. The maximum atomic E-state index is 6.18. The van der Waals surface area contributed by atoms with Crippen molar-refractivity contribution in [1.82, 2.24) is 5.32 Å². The van der Waals surface area contributed by atoms with Gasteiger partial charge in [0.25, 0.3) is 0 Å². The Morgan fingerprint density at radius 2 is 2.27 bits per heavy atom. The number of nitrogens with two attached hydrogens (primary N) is 1. The van der Waals surface area contributed by atoms with Gasteiger partial charge in [0.15, 0.2) is 0 Å². The molecule has 3 atom stereocenters. The molecule has 1 saturated carbocycles. The molecule has 2 nitrogen and oxygen atoms in total. The molecular weight excluding hydrogens is 136 g/mol. The van der Waals surface area contributed by atoms with Gasteiger partial charge in [-0.3, -0.25) is 0 Å². The van der Waals surface area contributed by atoms with Crippen LogP contribution in [0.25, 0.3) is 0 Å². The van der Waals surface area contributed by atoms with Crippen LogP contribution in [0, 0.1) is 11.3 Å². The molecule has 0 aromatic heterocycles. The van der Waals surface area contributed by atoms with E-state index in [0.717, 1.165) is 5.92 Å². The fourth-order valence-corrected chi connectivity index (χ4v) is 2.73. The Labute approximate surface area is 68.5 Å². The van der Waals surface area contributed by atoms with Crippen molar-refractivity contribution >= 4 is 0 Å². The molecule has 2 rings (SSSR count). The molecule has 2 fully saturated rings. The first-order valence-electron chi connectivity index (χ1n) is 4.71. The van der Waals surface area contributed by atoms with Gasteiger partial charge < -0.3 is 11.1 Å². The fraction of sp³-hybridized carbons (Fsp3) is 1.00. The highest BCUT2D eigenvalue weighted by Crippen LogP contribution is 2.44. The molecule has 11 heavy (non-hydrogen) atoms. The third-order valence-corrected chi connectivity index (χ3v) is 3.69. The van der Waals surface area contributed by atoms with Crippen LogP contribution in [-0.2, 0) is 0 Å². The van der Waals surface area contributed by atoms with Crippen molar-refractivity contribution in [2.45, 2.75) is 32.2 Å². The molecule has 0 bridgehead atoms. The molecule has 3 N–H and O–H groups in total. The molecule has 0 amide bonds. The zero-order valence-corrected chi connectivity index (χ0v) is 7.27. The number of nitrogens with one attached hydrogen (secondary N) is 1. The molecule has 0 aromatic carbocycles. The maximum Gasteiger partial charge on any atom is 0.0134 e. The summed E-state index contributed by atoms with van der Waals surface area (Å²) < 4.78 is 0. The lowest BCUT2D eigenvalue weighted by molar-refractivity contribution is 0.273. The van der Waals surface area contributed by atoms with E-state index < -0.39 is 0 Å². The van der Waals surface area contributed by atoms with Gasteiger partial charge in [0, 0.05) is 12.6 Å². The van der Waals surface area contributed by atoms with Crippen LogP contribution < -0.4 is 11.1 Å². The average molecular weight is 154 g/mol. The summed E-state index contributed by atoms with van der Waals surface area (Å²) in [7, 11) is 0. The lowest BCUT2D eigenvalue weighted by Crippen LogP contribution is -2.41. The summed E-state index contributed by atoms with van der Waals surface area (Å²) in [4.78, 5) is 0. The summed E-state index contributed by atoms with van der Waals surface area (Å²) in [5.74, 6) is 0.745. The van der Waals surface area contributed by atoms with Crippen LogP contribution in [-0.4, -0.2) is 19.1 Å².